The van der Waals surface area contributed by atoms with Crippen molar-refractivity contribution < 1.29 is 9.53 Å². The van der Waals surface area contributed by atoms with Gasteiger partial charge >= 0.3 is 0 Å². The number of rotatable bonds is 4. The lowest BCUT2D eigenvalue weighted by Gasteiger charge is -2.15. The minimum Gasteiger partial charge on any atom is -0.377 e. The van der Waals surface area contributed by atoms with Gasteiger partial charge in [-0.25, -0.2) is 4.98 Å². The van der Waals surface area contributed by atoms with Gasteiger partial charge in [0.05, 0.1) is 18.6 Å². The van der Waals surface area contributed by atoms with Crippen LogP contribution in [0.1, 0.15) is 25.6 Å². The molecular formula is C10H16N4O2. The highest BCUT2D eigenvalue weighted by atomic mass is 16.5. The number of ether oxygens (including phenoxy) is 1. The molecule has 2 N–H and O–H groups in total. The molecule has 2 unspecified atom stereocenters. The van der Waals surface area contributed by atoms with Crippen molar-refractivity contribution in [3.05, 3.63) is 12.2 Å². The van der Waals surface area contributed by atoms with E-state index in [1.165, 1.54) is 6.33 Å². The predicted molar refractivity (Wildman–Crippen MR) is 56.4 cm³/mol. The van der Waals surface area contributed by atoms with E-state index in [4.69, 9.17) is 4.74 Å². The molecule has 6 heteroatoms. The topological polar surface area (TPSA) is 79.9 Å². The maximum atomic E-state index is 11.9. The summed E-state index contributed by atoms with van der Waals surface area (Å²) in [6.45, 7) is 3.11. The highest BCUT2D eigenvalue weighted by Gasteiger charge is 2.32. The molecule has 1 aliphatic heterocycles. The average Bonchev–Trinajstić information content (AvgIpc) is 2.96. The summed E-state index contributed by atoms with van der Waals surface area (Å²) in [5.74, 6) is 0.689. The van der Waals surface area contributed by atoms with E-state index in [1.54, 1.807) is 0 Å². The Hall–Kier alpha value is -1.43. The molecule has 6 nitrogen and oxygen atoms in total. The van der Waals surface area contributed by atoms with Crippen LogP contribution in [0.2, 0.25) is 0 Å². The van der Waals surface area contributed by atoms with Crippen LogP contribution in [0.4, 0.5) is 0 Å². The van der Waals surface area contributed by atoms with Crippen LogP contribution in [0.25, 0.3) is 0 Å². The zero-order valence-electron chi connectivity index (χ0n) is 9.27. The number of nitrogens with zero attached hydrogens (tertiary/aromatic N) is 2. The van der Waals surface area contributed by atoms with Crippen molar-refractivity contribution in [1.29, 1.82) is 0 Å². The minimum absolute atomic E-state index is 0.0204. The Morgan fingerprint density at radius 1 is 1.75 bits per heavy atom. The lowest BCUT2D eigenvalue weighted by Crippen LogP contribution is -2.34. The maximum Gasteiger partial charge on any atom is 0.226 e. The van der Waals surface area contributed by atoms with Crippen LogP contribution < -0.4 is 5.32 Å². The fraction of sp³-hybridized carbons (Fsp3) is 0.700. The van der Waals surface area contributed by atoms with Gasteiger partial charge in [0.15, 0.2) is 0 Å². The number of carbonyl (C=O) groups excluding carboxylic acids is 1. The second-order valence-electron chi connectivity index (χ2n) is 3.86. The van der Waals surface area contributed by atoms with Crippen LogP contribution in [-0.2, 0) is 16.1 Å². The van der Waals surface area contributed by atoms with Gasteiger partial charge in [0.2, 0.25) is 5.91 Å². The Balaban J connectivity index is 1.83. The lowest BCUT2D eigenvalue weighted by molar-refractivity contribution is -0.126. The van der Waals surface area contributed by atoms with Gasteiger partial charge < -0.3 is 10.1 Å². The first-order valence-electron chi connectivity index (χ1n) is 5.54. The number of aromatic nitrogens is 3. The monoisotopic (exact) mass is 224 g/mol. The molecule has 0 bridgehead atoms. The van der Waals surface area contributed by atoms with E-state index in [2.05, 4.69) is 20.5 Å². The summed E-state index contributed by atoms with van der Waals surface area (Å²) in [5, 5.41) is 9.26. The Kier molecular flexibility index (Phi) is 3.51. The number of nitrogens with one attached hydrogen (secondary N) is 2. The summed E-state index contributed by atoms with van der Waals surface area (Å²) < 4.78 is 5.48. The summed E-state index contributed by atoms with van der Waals surface area (Å²) in [5.41, 5.74) is 0. The Labute approximate surface area is 93.8 Å². The second-order valence-corrected chi connectivity index (χ2v) is 3.86. The van der Waals surface area contributed by atoms with Gasteiger partial charge in [-0.1, -0.05) is 6.92 Å². The van der Waals surface area contributed by atoms with E-state index >= 15 is 0 Å². The van der Waals surface area contributed by atoms with E-state index in [0.717, 1.165) is 12.8 Å². The van der Waals surface area contributed by atoms with Gasteiger partial charge in [0.25, 0.3) is 0 Å². The molecule has 0 spiro atoms. The third-order valence-electron chi connectivity index (χ3n) is 2.84. The summed E-state index contributed by atoms with van der Waals surface area (Å²) in [6.07, 6.45) is 3.17. The molecule has 1 amide bonds. The van der Waals surface area contributed by atoms with E-state index in [1.807, 2.05) is 6.92 Å². The first-order valence-corrected chi connectivity index (χ1v) is 5.54. The zero-order chi connectivity index (χ0) is 11.4. The molecule has 1 fully saturated rings. The van der Waals surface area contributed by atoms with Crippen molar-refractivity contribution in [3.63, 3.8) is 0 Å². The van der Waals surface area contributed by atoms with Crippen molar-refractivity contribution in [1.82, 2.24) is 20.5 Å². The van der Waals surface area contributed by atoms with E-state index in [0.29, 0.717) is 19.0 Å². The SMILES string of the molecule is CCC1OCCC1C(=O)NCc1ncn[nH]1. The van der Waals surface area contributed by atoms with Gasteiger partial charge in [-0.05, 0) is 12.8 Å². The van der Waals surface area contributed by atoms with Crippen LogP contribution in [-0.4, -0.2) is 33.8 Å². The molecular weight excluding hydrogens is 208 g/mol. The number of hydrogen-bond acceptors (Lipinski definition) is 4. The van der Waals surface area contributed by atoms with Crippen molar-refractivity contribution in [2.24, 2.45) is 5.92 Å². The van der Waals surface area contributed by atoms with Crippen LogP contribution in [0.5, 0.6) is 0 Å². The normalized spacial score (nSPS) is 24.6. The zero-order valence-corrected chi connectivity index (χ0v) is 9.27. The van der Waals surface area contributed by atoms with Gasteiger partial charge in [0, 0.05) is 6.61 Å². The van der Waals surface area contributed by atoms with Gasteiger partial charge in [-0.15, -0.1) is 0 Å². The molecule has 88 valence electrons. The quantitative estimate of drug-likeness (QED) is 0.767. The van der Waals surface area contributed by atoms with Crippen LogP contribution in [0.15, 0.2) is 6.33 Å². The molecule has 1 aromatic rings. The first-order chi connectivity index (χ1) is 7.81. The van der Waals surface area contributed by atoms with Gasteiger partial charge in [0.1, 0.15) is 12.2 Å². The molecule has 16 heavy (non-hydrogen) atoms. The van der Waals surface area contributed by atoms with Crippen molar-refractivity contribution in [2.45, 2.75) is 32.4 Å². The van der Waals surface area contributed by atoms with Gasteiger partial charge in [-0.2, -0.15) is 5.10 Å². The molecule has 0 aromatic carbocycles. The van der Waals surface area contributed by atoms with E-state index < -0.39 is 0 Å². The summed E-state index contributed by atoms with van der Waals surface area (Å²) >= 11 is 0. The molecule has 2 atom stereocenters. The van der Waals surface area contributed by atoms with Crippen LogP contribution in [0.3, 0.4) is 0 Å². The molecule has 1 saturated heterocycles. The standard InChI is InChI=1S/C10H16N4O2/c1-2-8-7(3-4-16-8)10(15)11-5-9-12-6-13-14-9/h6-8H,2-5H2,1H3,(H,11,15)(H,12,13,14). The van der Waals surface area contributed by atoms with Crippen molar-refractivity contribution >= 4 is 5.91 Å². The molecule has 1 aromatic heterocycles. The number of carbonyl (C=O) groups is 1. The van der Waals surface area contributed by atoms with Crippen molar-refractivity contribution in [3.8, 4) is 0 Å². The third-order valence-corrected chi connectivity index (χ3v) is 2.84. The van der Waals surface area contributed by atoms with Gasteiger partial charge in [-0.3, -0.25) is 9.89 Å². The second kappa shape index (κ2) is 5.07. The molecule has 0 radical (unpaired) electrons. The molecule has 2 heterocycles. The van der Waals surface area contributed by atoms with E-state index in [9.17, 15) is 4.79 Å². The smallest absolute Gasteiger partial charge is 0.226 e. The molecule has 1 aliphatic rings. The number of aromatic amines is 1. The summed E-state index contributed by atoms with van der Waals surface area (Å²) in [6, 6.07) is 0. The summed E-state index contributed by atoms with van der Waals surface area (Å²) in [4.78, 5) is 15.8. The Morgan fingerprint density at radius 3 is 3.31 bits per heavy atom. The van der Waals surface area contributed by atoms with Crippen LogP contribution in [0, 0.1) is 5.92 Å². The van der Waals surface area contributed by atoms with Crippen molar-refractivity contribution in [2.75, 3.05) is 6.61 Å². The largest absolute Gasteiger partial charge is 0.377 e. The summed E-state index contributed by atoms with van der Waals surface area (Å²) in [7, 11) is 0. The highest BCUT2D eigenvalue weighted by molar-refractivity contribution is 5.79. The minimum atomic E-state index is -0.0204. The fourth-order valence-corrected chi connectivity index (χ4v) is 1.97. The highest BCUT2D eigenvalue weighted by Crippen LogP contribution is 2.23. The third kappa shape index (κ3) is 2.38. The predicted octanol–water partition coefficient (Wildman–Crippen LogP) is 0.236. The number of amides is 1. The Bertz CT molecular complexity index is 339. The first kappa shape index (κ1) is 11.1. The molecule has 2 rings (SSSR count). The molecule has 0 saturated carbocycles. The lowest BCUT2D eigenvalue weighted by atomic mass is 9.99. The fourth-order valence-electron chi connectivity index (χ4n) is 1.97. The number of hydrogen-bond donors (Lipinski definition) is 2. The van der Waals surface area contributed by atoms with E-state index in [-0.39, 0.29) is 17.9 Å². The maximum absolute atomic E-state index is 11.9. The Morgan fingerprint density at radius 2 is 2.62 bits per heavy atom. The molecule has 0 aliphatic carbocycles. The number of H-pyrrole nitrogens is 1. The van der Waals surface area contributed by atoms with Crippen LogP contribution >= 0.6 is 0 Å². The average molecular weight is 224 g/mol.